The van der Waals surface area contributed by atoms with Crippen molar-refractivity contribution in [3.8, 4) is 11.3 Å². The maximum atomic E-state index is 10.6. The summed E-state index contributed by atoms with van der Waals surface area (Å²) in [4.78, 5) is 8.88. The van der Waals surface area contributed by atoms with Crippen LogP contribution < -0.4 is 5.32 Å². The van der Waals surface area contributed by atoms with Crippen molar-refractivity contribution >= 4 is 29.0 Å². The zero-order chi connectivity index (χ0) is 22.1. The van der Waals surface area contributed by atoms with Crippen molar-refractivity contribution < 1.29 is 5.11 Å². The van der Waals surface area contributed by atoms with Gasteiger partial charge in [-0.2, -0.15) is 5.10 Å². The van der Waals surface area contributed by atoms with Crippen molar-refractivity contribution in [3.63, 3.8) is 0 Å². The molecule has 10 heteroatoms. The van der Waals surface area contributed by atoms with Crippen molar-refractivity contribution in [3.05, 3.63) is 83.5 Å². The van der Waals surface area contributed by atoms with Gasteiger partial charge in [-0.15, -0.1) is 10.2 Å². The fourth-order valence-corrected chi connectivity index (χ4v) is 3.53. The summed E-state index contributed by atoms with van der Waals surface area (Å²) in [6.45, 7) is 0. The average Bonchev–Trinajstić information content (AvgIpc) is 3.40. The molecule has 4 heterocycles. The summed E-state index contributed by atoms with van der Waals surface area (Å²) < 4.78 is 3.57. The number of aliphatic hydroxyl groups is 1. The van der Waals surface area contributed by atoms with Gasteiger partial charge in [0.05, 0.1) is 18.0 Å². The van der Waals surface area contributed by atoms with Crippen LogP contribution in [0, 0.1) is 0 Å². The number of fused-ring (bicyclic) bond motifs is 1. The van der Waals surface area contributed by atoms with Crippen molar-refractivity contribution in [1.82, 2.24) is 34.3 Å². The summed E-state index contributed by atoms with van der Waals surface area (Å²) >= 11 is 5.93. The number of pyridine rings is 1. The Morgan fingerprint density at radius 3 is 2.69 bits per heavy atom. The first-order valence-corrected chi connectivity index (χ1v) is 10.3. The molecule has 0 fully saturated rings. The summed E-state index contributed by atoms with van der Waals surface area (Å²) in [5.41, 5.74) is 3.07. The SMILES string of the molecule is Cn1nccc1Nc1nccc(-c2ccn3c(C[C@H](O)c4ccc(Cl)cc4)nnc3c2)n1. The topological polar surface area (TPSA) is 106 Å². The highest BCUT2D eigenvalue weighted by Gasteiger charge is 2.14. The molecule has 0 saturated carbocycles. The Kier molecular flexibility index (Phi) is 5.26. The predicted octanol–water partition coefficient (Wildman–Crippen LogP) is 3.59. The van der Waals surface area contributed by atoms with Gasteiger partial charge in [0.15, 0.2) is 5.65 Å². The van der Waals surface area contributed by atoms with Crippen LogP contribution >= 0.6 is 11.6 Å². The van der Waals surface area contributed by atoms with E-state index in [1.165, 1.54) is 0 Å². The minimum Gasteiger partial charge on any atom is -0.388 e. The smallest absolute Gasteiger partial charge is 0.228 e. The second-order valence-electron chi connectivity index (χ2n) is 7.26. The van der Waals surface area contributed by atoms with E-state index in [1.54, 1.807) is 41.3 Å². The number of hydrogen-bond acceptors (Lipinski definition) is 7. The highest BCUT2D eigenvalue weighted by atomic mass is 35.5. The zero-order valence-electron chi connectivity index (χ0n) is 17.1. The number of halogens is 1. The first-order chi connectivity index (χ1) is 15.6. The monoisotopic (exact) mass is 446 g/mol. The van der Waals surface area contributed by atoms with Crippen molar-refractivity contribution in [2.75, 3.05) is 5.32 Å². The number of benzene rings is 1. The maximum absolute atomic E-state index is 10.6. The molecule has 0 unspecified atom stereocenters. The fourth-order valence-electron chi connectivity index (χ4n) is 3.41. The van der Waals surface area contributed by atoms with E-state index in [1.807, 2.05) is 41.9 Å². The third-order valence-corrected chi connectivity index (χ3v) is 5.38. The van der Waals surface area contributed by atoms with E-state index in [0.717, 1.165) is 22.6 Å². The van der Waals surface area contributed by atoms with Crippen LogP contribution in [0.15, 0.2) is 67.1 Å². The molecule has 1 aromatic carbocycles. The number of rotatable bonds is 6. The molecule has 1 atom stereocenters. The molecule has 5 rings (SSSR count). The van der Waals surface area contributed by atoms with Gasteiger partial charge in [0, 0.05) is 42.5 Å². The van der Waals surface area contributed by atoms with Gasteiger partial charge >= 0.3 is 0 Å². The molecule has 160 valence electrons. The number of anilines is 2. The Balaban J connectivity index is 1.38. The molecule has 2 N–H and O–H groups in total. The standard InChI is InChI=1S/C22H19ClN8O/c1-30-19(7-10-25-30)27-22-24-9-6-17(26-22)15-8-11-31-20(12-15)28-29-21(31)13-18(32)14-2-4-16(23)5-3-14/h2-12,18,32H,13H2,1H3,(H,24,26,27)/t18-/m0/s1. The van der Waals surface area contributed by atoms with Gasteiger partial charge in [0.25, 0.3) is 0 Å². The molecule has 0 spiro atoms. The number of nitrogens with zero attached hydrogens (tertiary/aromatic N) is 7. The summed E-state index contributed by atoms with van der Waals surface area (Å²) in [7, 11) is 1.84. The first kappa shape index (κ1) is 20.1. The molecule has 0 bridgehead atoms. The van der Waals surface area contributed by atoms with E-state index in [9.17, 15) is 5.11 Å². The minimum atomic E-state index is -0.707. The molecule has 0 saturated heterocycles. The number of hydrogen-bond donors (Lipinski definition) is 2. The Bertz CT molecular complexity index is 1380. The van der Waals surface area contributed by atoms with Crippen LogP contribution in [0.1, 0.15) is 17.5 Å². The number of aromatic nitrogens is 7. The van der Waals surface area contributed by atoms with E-state index < -0.39 is 6.10 Å². The lowest BCUT2D eigenvalue weighted by Gasteiger charge is -2.10. The molecule has 0 aliphatic heterocycles. The number of nitrogens with one attached hydrogen (secondary N) is 1. The number of aryl methyl sites for hydroxylation is 1. The summed E-state index contributed by atoms with van der Waals surface area (Å²) in [6, 6.07) is 14.6. The lowest BCUT2D eigenvalue weighted by Crippen LogP contribution is -2.05. The Labute approximate surface area is 188 Å². The molecular formula is C22H19ClN8O. The Morgan fingerprint density at radius 1 is 1.06 bits per heavy atom. The van der Waals surface area contributed by atoms with Gasteiger partial charge in [-0.1, -0.05) is 23.7 Å². The zero-order valence-corrected chi connectivity index (χ0v) is 17.8. The summed E-state index contributed by atoms with van der Waals surface area (Å²) in [6.07, 6.45) is 4.90. The van der Waals surface area contributed by atoms with E-state index >= 15 is 0 Å². The molecule has 0 aliphatic carbocycles. The van der Waals surface area contributed by atoms with E-state index in [-0.39, 0.29) is 0 Å². The van der Waals surface area contributed by atoms with Gasteiger partial charge in [-0.25, -0.2) is 9.97 Å². The van der Waals surface area contributed by atoms with E-state index in [4.69, 9.17) is 11.6 Å². The fraction of sp³-hybridized carbons (Fsp3) is 0.136. The predicted molar refractivity (Wildman–Crippen MR) is 121 cm³/mol. The van der Waals surface area contributed by atoms with Crippen LogP contribution in [-0.4, -0.2) is 39.5 Å². The Hall–Kier alpha value is -3.82. The van der Waals surface area contributed by atoms with E-state index in [0.29, 0.717) is 28.9 Å². The summed E-state index contributed by atoms with van der Waals surface area (Å²) in [5, 5.41) is 27.0. The molecule has 0 amide bonds. The summed E-state index contributed by atoms with van der Waals surface area (Å²) in [5.74, 6) is 1.92. The lowest BCUT2D eigenvalue weighted by molar-refractivity contribution is 0.175. The van der Waals surface area contributed by atoms with Gasteiger partial charge in [-0.05, 0) is 35.9 Å². The van der Waals surface area contributed by atoms with Gasteiger partial charge in [0.2, 0.25) is 5.95 Å². The Morgan fingerprint density at radius 2 is 1.91 bits per heavy atom. The van der Waals surface area contributed by atoms with E-state index in [2.05, 4.69) is 30.6 Å². The second kappa shape index (κ2) is 8.37. The molecular weight excluding hydrogens is 428 g/mol. The molecule has 0 aliphatic rings. The van der Waals surface area contributed by atoms with Crippen LogP contribution in [0.2, 0.25) is 5.02 Å². The lowest BCUT2D eigenvalue weighted by atomic mass is 10.1. The van der Waals surface area contributed by atoms with Crippen LogP contribution in [0.3, 0.4) is 0 Å². The van der Waals surface area contributed by atoms with Gasteiger partial charge < -0.3 is 10.4 Å². The highest BCUT2D eigenvalue weighted by molar-refractivity contribution is 6.30. The van der Waals surface area contributed by atoms with Crippen molar-refractivity contribution in [2.45, 2.75) is 12.5 Å². The van der Waals surface area contributed by atoms with Crippen LogP contribution in [0.4, 0.5) is 11.8 Å². The highest BCUT2D eigenvalue weighted by Crippen LogP contribution is 2.23. The first-order valence-electron chi connectivity index (χ1n) is 9.92. The van der Waals surface area contributed by atoms with Crippen LogP contribution in [0.5, 0.6) is 0 Å². The second-order valence-corrected chi connectivity index (χ2v) is 7.70. The molecule has 0 radical (unpaired) electrons. The quantitative estimate of drug-likeness (QED) is 0.410. The third-order valence-electron chi connectivity index (χ3n) is 5.12. The average molecular weight is 447 g/mol. The molecule has 9 nitrogen and oxygen atoms in total. The normalized spacial score (nSPS) is 12.2. The molecule has 32 heavy (non-hydrogen) atoms. The number of aliphatic hydroxyl groups excluding tert-OH is 1. The maximum Gasteiger partial charge on any atom is 0.228 e. The minimum absolute atomic E-state index is 0.328. The van der Waals surface area contributed by atoms with Gasteiger partial charge in [-0.3, -0.25) is 9.08 Å². The van der Waals surface area contributed by atoms with Crippen molar-refractivity contribution in [1.29, 1.82) is 0 Å². The largest absolute Gasteiger partial charge is 0.388 e. The van der Waals surface area contributed by atoms with Crippen molar-refractivity contribution in [2.24, 2.45) is 7.05 Å². The van der Waals surface area contributed by atoms with Crippen LogP contribution in [0.25, 0.3) is 16.9 Å². The van der Waals surface area contributed by atoms with Crippen LogP contribution in [-0.2, 0) is 13.5 Å². The molecule has 5 aromatic rings. The van der Waals surface area contributed by atoms with Gasteiger partial charge in [0.1, 0.15) is 11.6 Å². The molecule has 4 aromatic heterocycles. The third kappa shape index (κ3) is 4.03.